The minimum absolute atomic E-state index is 0.629. The molecule has 1 atom stereocenters. The molecule has 0 saturated heterocycles. The number of halogens is 1. The van der Waals surface area contributed by atoms with Crippen molar-refractivity contribution in [3.8, 4) is 0 Å². The van der Waals surface area contributed by atoms with Crippen LogP contribution in [0.3, 0.4) is 0 Å². The van der Waals surface area contributed by atoms with E-state index in [4.69, 9.17) is 11.6 Å². The zero-order chi connectivity index (χ0) is 14.3. The zero-order valence-electron chi connectivity index (χ0n) is 12.8. The first-order chi connectivity index (χ1) is 9.04. The fourth-order valence-corrected chi connectivity index (χ4v) is 2.70. The minimum atomic E-state index is 0.629. The van der Waals surface area contributed by atoms with Gasteiger partial charge in [0.2, 0.25) is 0 Å². The molecule has 0 aromatic heterocycles. The van der Waals surface area contributed by atoms with Gasteiger partial charge in [-0.05, 0) is 62.3 Å². The number of aryl methyl sites for hydroxylation is 2. The maximum Gasteiger partial charge on any atom is 0.0440 e. The molecule has 1 nitrogen and oxygen atoms in total. The molecular weight excluding hydrogens is 254 g/mol. The first-order valence-corrected chi connectivity index (χ1v) is 7.90. The second-order valence-corrected chi connectivity index (χ2v) is 6.20. The molecule has 1 aromatic rings. The highest BCUT2D eigenvalue weighted by Crippen LogP contribution is 2.20. The molecule has 0 heterocycles. The lowest BCUT2D eigenvalue weighted by Crippen LogP contribution is -2.34. The molecule has 108 valence electrons. The van der Waals surface area contributed by atoms with E-state index in [1.54, 1.807) is 0 Å². The molecule has 0 saturated carbocycles. The maximum absolute atomic E-state index is 6.28. The van der Waals surface area contributed by atoms with Crippen LogP contribution in [0.1, 0.15) is 51.2 Å². The Balaban J connectivity index is 2.42. The van der Waals surface area contributed by atoms with Crippen LogP contribution in [0.2, 0.25) is 5.02 Å². The summed E-state index contributed by atoms with van der Waals surface area (Å²) in [6.45, 7) is 10.0. The third-order valence-corrected chi connectivity index (χ3v) is 3.98. The maximum atomic E-state index is 6.28. The van der Waals surface area contributed by atoms with Crippen molar-refractivity contribution in [2.45, 2.75) is 59.4 Å². The molecular formula is C17H28ClN. The van der Waals surface area contributed by atoms with Gasteiger partial charge in [-0.2, -0.15) is 0 Å². The fraction of sp³-hybridized carbons (Fsp3) is 0.647. The van der Waals surface area contributed by atoms with Crippen molar-refractivity contribution >= 4 is 11.6 Å². The second-order valence-electron chi connectivity index (χ2n) is 5.79. The Bertz CT molecular complexity index is 374. The molecule has 0 aliphatic carbocycles. The van der Waals surface area contributed by atoms with Gasteiger partial charge in [-0.15, -0.1) is 0 Å². The molecule has 0 radical (unpaired) electrons. The molecule has 19 heavy (non-hydrogen) atoms. The molecule has 0 spiro atoms. The van der Waals surface area contributed by atoms with Crippen LogP contribution in [0, 0.1) is 12.8 Å². The Hall–Kier alpha value is -0.530. The Morgan fingerprint density at radius 2 is 2.00 bits per heavy atom. The summed E-state index contributed by atoms with van der Waals surface area (Å²) in [5.74, 6) is 0.694. The summed E-state index contributed by atoms with van der Waals surface area (Å²) in [5, 5.41) is 4.56. The van der Waals surface area contributed by atoms with Gasteiger partial charge in [0.05, 0.1) is 0 Å². The van der Waals surface area contributed by atoms with Crippen molar-refractivity contribution in [2.75, 3.05) is 6.54 Å². The van der Waals surface area contributed by atoms with E-state index in [0.29, 0.717) is 12.0 Å². The quantitative estimate of drug-likeness (QED) is 0.707. The normalized spacial score (nSPS) is 12.9. The molecule has 2 heteroatoms. The van der Waals surface area contributed by atoms with Gasteiger partial charge in [-0.25, -0.2) is 0 Å². The molecule has 1 aromatic carbocycles. The highest BCUT2D eigenvalue weighted by molar-refractivity contribution is 6.31. The average molecular weight is 282 g/mol. The van der Waals surface area contributed by atoms with Crippen LogP contribution < -0.4 is 5.32 Å². The summed E-state index contributed by atoms with van der Waals surface area (Å²) in [4.78, 5) is 0. The lowest BCUT2D eigenvalue weighted by atomic mass is 9.96. The highest BCUT2D eigenvalue weighted by Gasteiger charge is 2.12. The molecule has 0 fully saturated rings. The third-order valence-electron chi connectivity index (χ3n) is 3.63. The van der Waals surface area contributed by atoms with E-state index < -0.39 is 0 Å². The molecule has 0 amide bonds. The molecule has 0 bridgehead atoms. The van der Waals surface area contributed by atoms with Gasteiger partial charge in [-0.1, -0.05) is 44.5 Å². The largest absolute Gasteiger partial charge is 0.314 e. The summed E-state index contributed by atoms with van der Waals surface area (Å²) in [6, 6.07) is 7.01. The Kier molecular flexibility index (Phi) is 7.48. The zero-order valence-corrected chi connectivity index (χ0v) is 13.6. The summed E-state index contributed by atoms with van der Waals surface area (Å²) in [6.07, 6.45) is 4.70. The predicted octanol–water partition coefficient (Wildman–Crippen LogP) is 5.00. The first-order valence-electron chi connectivity index (χ1n) is 7.53. The summed E-state index contributed by atoms with van der Waals surface area (Å²) in [5.41, 5.74) is 2.52. The second kappa shape index (κ2) is 8.60. The summed E-state index contributed by atoms with van der Waals surface area (Å²) >= 11 is 6.28. The van der Waals surface area contributed by atoms with E-state index in [0.717, 1.165) is 18.0 Å². The van der Waals surface area contributed by atoms with Crippen molar-refractivity contribution in [3.63, 3.8) is 0 Å². The van der Waals surface area contributed by atoms with E-state index in [-0.39, 0.29) is 0 Å². The van der Waals surface area contributed by atoms with Gasteiger partial charge < -0.3 is 5.32 Å². The standard InChI is InChI=1S/C17H28ClN/c1-5-11-19-17(13(2)3)8-6-7-15-10-9-14(4)12-16(15)18/h9-10,12-13,17,19H,5-8,11H2,1-4H3. The minimum Gasteiger partial charge on any atom is -0.314 e. The average Bonchev–Trinajstić information content (AvgIpc) is 2.35. The van der Waals surface area contributed by atoms with Gasteiger partial charge in [0.15, 0.2) is 0 Å². The lowest BCUT2D eigenvalue weighted by Gasteiger charge is -2.22. The molecule has 1 rings (SSSR count). The smallest absolute Gasteiger partial charge is 0.0440 e. The van der Waals surface area contributed by atoms with E-state index in [1.807, 2.05) is 0 Å². The van der Waals surface area contributed by atoms with Crippen LogP contribution in [0.4, 0.5) is 0 Å². The first kappa shape index (κ1) is 16.5. The predicted molar refractivity (Wildman–Crippen MR) is 86.0 cm³/mol. The number of nitrogens with one attached hydrogen (secondary N) is 1. The van der Waals surface area contributed by atoms with Crippen LogP contribution in [0.25, 0.3) is 0 Å². The highest BCUT2D eigenvalue weighted by atomic mass is 35.5. The van der Waals surface area contributed by atoms with Crippen LogP contribution in [0.5, 0.6) is 0 Å². The SMILES string of the molecule is CCCNC(CCCc1ccc(C)cc1Cl)C(C)C. The van der Waals surface area contributed by atoms with Crippen molar-refractivity contribution in [1.82, 2.24) is 5.32 Å². The summed E-state index contributed by atoms with van der Waals surface area (Å²) in [7, 11) is 0. The Labute approximate surface area is 123 Å². The number of rotatable bonds is 8. The van der Waals surface area contributed by atoms with E-state index >= 15 is 0 Å². The molecule has 1 unspecified atom stereocenters. The van der Waals surface area contributed by atoms with E-state index in [1.165, 1.54) is 30.4 Å². The van der Waals surface area contributed by atoms with Gasteiger partial charge in [0, 0.05) is 11.1 Å². The van der Waals surface area contributed by atoms with Gasteiger partial charge in [0.1, 0.15) is 0 Å². The van der Waals surface area contributed by atoms with E-state index in [9.17, 15) is 0 Å². The summed E-state index contributed by atoms with van der Waals surface area (Å²) < 4.78 is 0. The lowest BCUT2D eigenvalue weighted by molar-refractivity contribution is 0.370. The molecule has 0 aliphatic heterocycles. The topological polar surface area (TPSA) is 12.0 Å². The molecule has 0 aliphatic rings. The Morgan fingerprint density at radius 1 is 1.26 bits per heavy atom. The third kappa shape index (κ3) is 5.97. The van der Waals surface area contributed by atoms with Crippen molar-refractivity contribution in [1.29, 1.82) is 0 Å². The fourth-order valence-electron chi connectivity index (χ4n) is 2.37. The number of hydrogen-bond acceptors (Lipinski definition) is 1. The number of hydrogen-bond donors (Lipinski definition) is 1. The monoisotopic (exact) mass is 281 g/mol. The Morgan fingerprint density at radius 3 is 2.58 bits per heavy atom. The van der Waals surface area contributed by atoms with E-state index in [2.05, 4.69) is 51.2 Å². The van der Waals surface area contributed by atoms with Crippen molar-refractivity contribution in [2.24, 2.45) is 5.92 Å². The van der Waals surface area contributed by atoms with Crippen LogP contribution in [-0.2, 0) is 6.42 Å². The van der Waals surface area contributed by atoms with Crippen molar-refractivity contribution in [3.05, 3.63) is 34.3 Å². The van der Waals surface area contributed by atoms with Crippen molar-refractivity contribution < 1.29 is 0 Å². The number of benzene rings is 1. The van der Waals surface area contributed by atoms with Gasteiger partial charge in [0.25, 0.3) is 0 Å². The molecule has 1 N–H and O–H groups in total. The van der Waals surface area contributed by atoms with Crippen LogP contribution >= 0.6 is 11.6 Å². The van der Waals surface area contributed by atoms with Crippen LogP contribution in [0.15, 0.2) is 18.2 Å². The van der Waals surface area contributed by atoms with Gasteiger partial charge in [-0.3, -0.25) is 0 Å². The van der Waals surface area contributed by atoms with Gasteiger partial charge >= 0.3 is 0 Å². The van der Waals surface area contributed by atoms with Crippen LogP contribution in [-0.4, -0.2) is 12.6 Å².